The highest BCUT2D eigenvalue weighted by atomic mass is 16.5. The van der Waals surface area contributed by atoms with Gasteiger partial charge in [-0.25, -0.2) is 4.79 Å². The van der Waals surface area contributed by atoms with Crippen LogP contribution in [0.1, 0.15) is 25.7 Å². The molecule has 1 aliphatic rings. The zero-order valence-electron chi connectivity index (χ0n) is 9.02. The van der Waals surface area contributed by atoms with Crippen LogP contribution in [0, 0.1) is 0 Å². The number of carbonyl (C=O) groups is 2. The first-order valence-electron chi connectivity index (χ1n) is 5.38. The van der Waals surface area contributed by atoms with E-state index in [0.29, 0.717) is 6.42 Å². The van der Waals surface area contributed by atoms with Gasteiger partial charge in [0.05, 0.1) is 12.7 Å². The second-order valence-corrected chi connectivity index (χ2v) is 3.81. The van der Waals surface area contributed by atoms with Crippen LogP contribution in [0.5, 0.6) is 0 Å². The summed E-state index contributed by atoms with van der Waals surface area (Å²) in [6.07, 6.45) is 2.91. The summed E-state index contributed by atoms with van der Waals surface area (Å²) in [5, 5.41) is 19.6. The topological polar surface area (TPSA) is 95.9 Å². The zero-order valence-corrected chi connectivity index (χ0v) is 9.02. The molecule has 3 N–H and O–H groups in total. The van der Waals surface area contributed by atoms with Gasteiger partial charge in [0.25, 0.3) is 0 Å². The summed E-state index contributed by atoms with van der Waals surface area (Å²) in [5.41, 5.74) is 0. The molecule has 0 aromatic carbocycles. The Morgan fingerprint density at radius 1 is 1.50 bits per heavy atom. The normalized spacial score (nSPS) is 21.7. The van der Waals surface area contributed by atoms with E-state index in [-0.39, 0.29) is 18.4 Å². The average molecular weight is 231 g/mol. The molecule has 1 saturated heterocycles. The maximum Gasteiger partial charge on any atom is 0.328 e. The van der Waals surface area contributed by atoms with Gasteiger partial charge in [0.2, 0.25) is 5.91 Å². The molecule has 1 amide bonds. The molecule has 0 spiro atoms. The lowest BCUT2D eigenvalue weighted by Crippen LogP contribution is -2.43. The molecule has 1 aliphatic heterocycles. The molecule has 1 rings (SSSR count). The van der Waals surface area contributed by atoms with E-state index in [1.165, 1.54) is 0 Å². The highest BCUT2D eigenvalue weighted by Gasteiger charge is 2.20. The van der Waals surface area contributed by atoms with E-state index in [0.717, 1.165) is 19.4 Å². The standard InChI is InChI=1S/C10H17NO5/c12-6-8(10(14)15)11-9(13)4-3-7-2-1-5-16-7/h7-8,12H,1-6H2,(H,11,13)(H,14,15). The van der Waals surface area contributed by atoms with Crippen LogP contribution in [-0.4, -0.2) is 47.4 Å². The first-order chi connectivity index (χ1) is 7.63. The van der Waals surface area contributed by atoms with Crippen molar-refractivity contribution in [3.8, 4) is 0 Å². The molecule has 6 heteroatoms. The first kappa shape index (κ1) is 12.9. The Morgan fingerprint density at radius 2 is 2.25 bits per heavy atom. The lowest BCUT2D eigenvalue weighted by molar-refractivity contribution is -0.143. The Bertz CT molecular complexity index is 250. The Kier molecular flexibility index (Phi) is 5.21. The molecule has 2 atom stereocenters. The number of hydrogen-bond donors (Lipinski definition) is 3. The average Bonchev–Trinajstić information content (AvgIpc) is 2.75. The summed E-state index contributed by atoms with van der Waals surface area (Å²) in [7, 11) is 0. The second kappa shape index (κ2) is 6.44. The quantitative estimate of drug-likeness (QED) is 0.573. The molecular weight excluding hydrogens is 214 g/mol. The zero-order chi connectivity index (χ0) is 12.0. The number of aliphatic hydroxyl groups is 1. The summed E-state index contributed by atoms with van der Waals surface area (Å²) in [5.74, 6) is -1.59. The fraction of sp³-hybridized carbons (Fsp3) is 0.800. The lowest BCUT2D eigenvalue weighted by atomic mass is 10.1. The smallest absolute Gasteiger partial charge is 0.328 e. The SMILES string of the molecule is O=C(CCC1CCCO1)NC(CO)C(=O)O. The summed E-state index contributed by atoms with van der Waals surface area (Å²) >= 11 is 0. The lowest BCUT2D eigenvalue weighted by Gasteiger charge is -2.13. The van der Waals surface area contributed by atoms with Crippen LogP contribution in [0.15, 0.2) is 0 Å². The van der Waals surface area contributed by atoms with Crippen molar-refractivity contribution in [2.75, 3.05) is 13.2 Å². The van der Waals surface area contributed by atoms with Gasteiger partial charge >= 0.3 is 5.97 Å². The molecule has 1 fully saturated rings. The molecule has 0 aromatic heterocycles. The fourth-order valence-electron chi connectivity index (χ4n) is 1.62. The Morgan fingerprint density at radius 3 is 2.75 bits per heavy atom. The number of ether oxygens (including phenoxy) is 1. The van der Waals surface area contributed by atoms with Gasteiger partial charge in [0.15, 0.2) is 0 Å². The number of carboxylic acids is 1. The third-order valence-corrected chi connectivity index (χ3v) is 2.53. The summed E-state index contributed by atoms with van der Waals surface area (Å²) in [6.45, 7) is 0.141. The van der Waals surface area contributed by atoms with Gasteiger partial charge in [-0.1, -0.05) is 0 Å². The van der Waals surface area contributed by atoms with Crippen LogP contribution >= 0.6 is 0 Å². The van der Waals surface area contributed by atoms with Gasteiger partial charge in [-0.15, -0.1) is 0 Å². The minimum atomic E-state index is -1.23. The minimum Gasteiger partial charge on any atom is -0.480 e. The van der Waals surface area contributed by atoms with Gasteiger partial charge in [-0.05, 0) is 19.3 Å². The largest absolute Gasteiger partial charge is 0.480 e. The van der Waals surface area contributed by atoms with Gasteiger partial charge in [0, 0.05) is 13.0 Å². The second-order valence-electron chi connectivity index (χ2n) is 3.81. The molecular formula is C10H17NO5. The van der Waals surface area contributed by atoms with Crippen LogP contribution in [0.4, 0.5) is 0 Å². The maximum atomic E-state index is 11.3. The highest BCUT2D eigenvalue weighted by molar-refractivity contribution is 5.83. The van der Waals surface area contributed by atoms with Crippen LogP contribution in [0.2, 0.25) is 0 Å². The van der Waals surface area contributed by atoms with Crippen molar-refractivity contribution in [1.29, 1.82) is 0 Å². The van der Waals surface area contributed by atoms with Crippen molar-refractivity contribution in [3.05, 3.63) is 0 Å². The molecule has 16 heavy (non-hydrogen) atoms. The van der Waals surface area contributed by atoms with Crippen molar-refractivity contribution in [1.82, 2.24) is 5.32 Å². The number of amides is 1. The number of aliphatic hydroxyl groups excluding tert-OH is 1. The number of rotatable bonds is 6. The molecule has 0 aliphatic carbocycles. The van der Waals surface area contributed by atoms with Crippen molar-refractivity contribution in [2.45, 2.75) is 37.8 Å². The fourth-order valence-corrected chi connectivity index (χ4v) is 1.62. The van der Waals surface area contributed by atoms with E-state index < -0.39 is 18.6 Å². The van der Waals surface area contributed by atoms with E-state index in [1.54, 1.807) is 0 Å². The Labute approximate surface area is 93.6 Å². The molecule has 92 valence electrons. The summed E-state index contributed by atoms with van der Waals surface area (Å²) < 4.78 is 5.34. The van der Waals surface area contributed by atoms with Crippen molar-refractivity contribution < 1.29 is 24.5 Å². The van der Waals surface area contributed by atoms with Crippen LogP contribution in [0.3, 0.4) is 0 Å². The number of hydrogen-bond acceptors (Lipinski definition) is 4. The first-order valence-corrected chi connectivity index (χ1v) is 5.38. The van der Waals surface area contributed by atoms with Crippen molar-refractivity contribution in [2.24, 2.45) is 0 Å². The van der Waals surface area contributed by atoms with E-state index >= 15 is 0 Å². The Balaban J connectivity index is 2.21. The van der Waals surface area contributed by atoms with Crippen LogP contribution in [-0.2, 0) is 14.3 Å². The van der Waals surface area contributed by atoms with Gasteiger partial charge in [0.1, 0.15) is 6.04 Å². The van der Waals surface area contributed by atoms with Gasteiger partial charge in [-0.3, -0.25) is 4.79 Å². The molecule has 0 saturated carbocycles. The summed E-state index contributed by atoms with van der Waals surface area (Å²) in [6, 6.07) is -1.21. The van der Waals surface area contributed by atoms with Crippen LogP contribution in [0.25, 0.3) is 0 Å². The molecule has 6 nitrogen and oxygen atoms in total. The van der Waals surface area contributed by atoms with E-state index in [1.807, 2.05) is 0 Å². The monoisotopic (exact) mass is 231 g/mol. The van der Waals surface area contributed by atoms with Crippen molar-refractivity contribution >= 4 is 11.9 Å². The molecule has 2 unspecified atom stereocenters. The molecule has 1 heterocycles. The van der Waals surface area contributed by atoms with Gasteiger partial charge in [-0.2, -0.15) is 0 Å². The van der Waals surface area contributed by atoms with E-state index in [4.69, 9.17) is 14.9 Å². The molecule has 0 radical (unpaired) electrons. The number of carboxylic acid groups (broad SMARTS) is 1. The highest BCUT2D eigenvalue weighted by Crippen LogP contribution is 2.16. The minimum absolute atomic E-state index is 0.114. The number of aliphatic carboxylic acids is 1. The van der Waals surface area contributed by atoms with E-state index in [2.05, 4.69) is 5.32 Å². The number of nitrogens with one attached hydrogen (secondary N) is 1. The molecule has 0 bridgehead atoms. The third-order valence-electron chi connectivity index (χ3n) is 2.53. The summed E-state index contributed by atoms with van der Waals surface area (Å²) in [4.78, 5) is 21.9. The van der Waals surface area contributed by atoms with Crippen LogP contribution < -0.4 is 5.32 Å². The number of carbonyl (C=O) groups excluding carboxylic acids is 1. The maximum absolute atomic E-state index is 11.3. The van der Waals surface area contributed by atoms with E-state index in [9.17, 15) is 9.59 Å². The Hall–Kier alpha value is -1.14. The van der Waals surface area contributed by atoms with Crippen molar-refractivity contribution in [3.63, 3.8) is 0 Å². The predicted octanol–water partition coefficient (Wildman–Crippen LogP) is -0.493. The predicted molar refractivity (Wildman–Crippen MR) is 54.9 cm³/mol. The van der Waals surface area contributed by atoms with Gasteiger partial charge < -0.3 is 20.3 Å². The molecule has 0 aromatic rings. The third kappa shape index (κ3) is 4.16.